The molecule has 1 aromatic carbocycles. The van der Waals surface area contributed by atoms with Crippen molar-refractivity contribution in [3.05, 3.63) is 41.0 Å². The van der Waals surface area contributed by atoms with Gasteiger partial charge in [0.2, 0.25) is 5.89 Å². The van der Waals surface area contributed by atoms with Crippen molar-refractivity contribution in [3.63, 3.8) is 0 Å². The molecule has 1 aliphatic heterocycles. The second-order valence-electron chi connectivity index (χ2n) is 6.03. The first kappa shape index (κ1) is 16.0. The number of benzene rings is 1. The third-order valence-electron chi connectivity index (χ3n) is 4.20. The molecule has 0 aliphatic carbocycles. The molecule has 0 saturated carbocycles. The van der Waals surface area contributed by atoms with E-state index in [1.807, 2.05) is 6.92 Å². The van der Waals surface area contributed by atoms with Crippen LogP contribution in [0.3, 0.4) is 0 Å². The molecule has 5 nitrogen and oxygen atoms in total. The van der Waals surface area contributed by atoms with Crippen molar-refractivity contribution in [2.45, 2.75) is 52.6 Å². The van der Waals surface area contributed by atoms with E-state index in [9.17, 15) is 0 Å². The van der Waals surface area contributed by atoms with Crippen LogP contribution in [0.5, 0.6) is 5.75 Å². The Hall–Kier alpha value is -1.88. The van der Waals surface area contributed by atoms with E-state index in [1.165, 1.54) is 11.1 Å². The van der Waals surface area contributed by atoms with Gasteiger partial charge in [-0.2, -0.15) is 4.98 Å². The summed E-state index contributed by atoms with van der Waals surface area (Å²) in [4.78, 5) is 6.86. The normalized spacial score (nSPS) is 14.7. The first-order valence-corrected chi connectivity index (χ1v) is 8.57. The standard InChI is InChI=1S/C18H25N3O2/c1-3-5-6-17-19-18(23-20-17)13-21-10-9-14-7-8-16(22-4-2)11-15(14)12-21/h7-8,11H,3-6,9-10,12-13H2,1-2H3. The van der Waals surface area contributed by atoms with Crippen molar-refractivity contribution < 1.29 is 9.26 Å². The molecule has 23 heavy (non-hydrogen) atoms. The second kappa shape index (κ2) is 7.59. The number of rotatable bonds is 7. The third-order valence-corrected chi connectivity index (χ3v) is 4.20. The van der Waals surface area contributed by atoms with Crippen LogP contribution in [0.4, 0.5) is 0 Å². The zero-order valence-electron chi connectivity index (χ0n) is 14.0. The van der Waals surface area contributed by atoms with Crippen molar-refractivity contribution >= 4 is 0 Å². The Morgan fingerprint density at radius 3 is 3.00 bits per heavy atom. The molecule has 3 rings (SSSR count). The lowest BCUT2D eigenvalue weighted by Crippen LogP contribution is -2.30. The average molecular weight is 315 g/mol. The first-order valence-electron chi connectivity index (χ1n) is 8.57. The summed E-state index contributed by atoms with van der Waals surface area (Å²) in [6.07, 6.45) is 4.21. The zero-order valence-corrected chi connectivity index (χ0v) is 14.0. The fourth-order valence-corrected chi connectivity index (χ4v) is 2.97. The number of hydrogen-bond acceptors (Lipinski definition) is 5. The van der Waals surface area contributed by atoms with E-state index in [2.05, 4.69) is 40.2 Å². The van der Waals surface area contributed by atoms with Gasteiger partial charge in [0.15, 0.2) is 5.82 Å². The molecule has 0 bridgehead atoms. The minimum Gasteiger partial charge on any atom is -0.494 e. The maximum Gasteiger partial charge on any atom is 0.240 e. The molecule has 5 heteroatoms. The molecule has 1 aromatic heterocycles. The van der Waals surface area contributed by atoms with Gasteiger partial charge in [-0.25, -0.2) is 0 Å². The van der Waals surface area contributed by atoms with Crippen molar-refractivity contribution in [1.29, 1.82) is 0 Å². The van der Waals surface area contributed by atoms with Crippen LogP contribution in [-0.2, 0) is 25.9 Å². The SMILES string of the molecule is CCCCc1noc(CN2CCc3ccc(OCC)cc3C2)n1. The summed E-state index contributed by atoms with van der Waals surface area (Å²) in [7, 11) is 0. The van der Waals surface area contributed by atoms with E-state index in [0.29, 0.717) is 6.61 Å². The minimum atomic E-state index is 0.699. The molecule has 0 saturated heterocycles. The van der Waals surface area contributed by atoms with Crippen LogP contribution in [0.25, 0.3) is 0 Å². The van der Waals surface area contributed by atoms with Crippen molar-refractivity contribution in [3.8, 4) is 5.75 Å². The van der Waals surface area contributed by atoms with E-state index in [0.717, 1.165) is 62.8 Å². The largest absolute Gasteiger partial charge is 0.494 e. The zero-order chi connectivity index (χ0) is 16.1. The number of nitrogens with zero attached hydrogens (tertiary/aromatic N) is 3. The van der Waals surface area contributed by atoms with Crippen molar-refractivity contribution in [2.24, 2.45) is 0 Å². The summed E-state index contributed by atoms with van der Waals surface area (Å²) in [5.74, 6) is 2.51. The predicted molar refractivity (Wildman–Crippen MR) is 88.3 cm³/mol. The Labute approximate surface area is 137 Å². The van der Waals surface area contributed by atoms with Gasteiger partial charge in [-0.3, -0.25) is 4.90 Å². The minimum absolute atomic E-state index is 0.699. The molecular weight excluding hydrogens is 290 g/mol. The van der Waals surface area contributed by atoms with Crippen LogP contribution >= 0.6 is 0 Å². The highest BCUT2D eigenvalue weighted by Gasteiger charge is 2.19. The van der Waals surface area contributed by atoms with Gasteiger partial charge in [0.1, 0.15) is 5.75 Å². The topological polar surface area (TPSA) is 51.4 Å². The van der Waals surface area contributed by atoms with Crippen LogP contribution in [0.1, 0.15) is 49.5 Å². The van der Waals surface area contributed by atoms with Crippen LogP contribution in [-0.4, -0.2) is 28.2 Å². The van der Waals surface area contributed by atoms with Crippen LogP contribution < -0.4 is 4.74 Å². The van der Waals surface area contributed by atoms with Crippen LogP contribution in [0, 0.1) is 0 Å². The molecule has 0 spiro atoms. The van der Waals surface area contributed by atoms with E-state index in [4.69, 9.17) is 9.26 Å². The molecule has 124 valence electrons. The van der Waals surface area contributed by atoms with Gasteiger partial charge in [-0.1, -0.05) is 24.6 Å². The molecule has 0 N–H and O–H groups in total. The van der Waals surface area contributed by atoms with Gasteiger partial charge in [-0.05, 0) is 43.0 Å². The summed E-state index contributed by atoms with van der Waals surface area (Å²) in [6, 6.07) is 6.41. The maximum atomic E-state index is 5.61. The quantitative estimate of drug-likeness (QED) is 0.784. The number of aryl methyl sites for hydroxylation is 1. The fraction of sp³-hybridized carbons (Fsp3) is 0.556. The highest BCUT2D eigenvalue weighted by Crippen LogP contribution is 2.24. The van der Waals surface area contributed by atoms with Crippen LogP contribution in [0.15, 0.2) is 22.7 Å². The number of hydrogen-bond donors (Lipinski definition) is 0. The Morgan fingerprint density at radius 2 is 2.17 bits per heavy atom. The van der Waals surface area contributed by atoms with E-state index < -0.39 is 0 Å². The predicted octanol–water partition coefficient (Wildman–Crippen LogP) is 3.37. The van der Waals surface area contributed by atoms with E-state index in [1.54, 1.807) is 0 Å². The number of ether oxygens (including phenoxy) is 1. The Kier molecular flexibility index (Phi) is 5.28. The van der Waals surface area contributed by atoms with E-state index >= 15 is 0 Å². The molecular formula is C18H25N3O2. The second-order valence-corrected chi connectivity index (χ2v) is 6.03. The van der Waals surface area contributed by atoms with Gasteiger partial charge < -0.3 is 9.26 Å². The summed E-state index contributed by atoms with van der Waals surface area (Å²) >= 11 is 0. The highest BCUT2D eigenvalue weighted by atomic mass is 16.5. The molecule has 2 aromatic rings. The van der Waals surface area contributed by atoms with Crippen molar-refractivity contribution in [1.82, 2.24) is 15.0 Å². The van der Waals surface area contributed by atoms with Gasteiger partial charge in [0.25, 0.3) is 0 Å². The monoisotopic (exact) mass is 315 g/mol. The lowest BCUT2D eigenvalue weighted by molar-refractivity contribution is 0.210. The summed E-state index contributed by atoms with van der Waals surface area (Å²) in [6.45, 7) is 7.53. The molecule has 0 unspecified atom stereocenters. The number of unbranched alkanes of at least 4 members (excludes halogenated alkanes) is 1. The summed E-state index contributed by atoms with van der Waals surface area (Å²) < 4.78 is 11.0. The molecule has 0 fully saturated rings. The van der Waals surface area contributed by atoms with Gasteiger partial charge in [0, 0.05) is 19.5 Å². The molecule has 0 amide bonds. The number of aromatic nitrogens is 2. The van der Waals surface area contributed by atoms with E-state index in [-0.39, 0.29) is 0 Å². The summed E-state index contributed by atoms with van der Waals surface area (Å²) in [5.41, 5.74) is 2.76. The lowest BCUT2D eigenvalue weighted by Gasteiger charge is -2.27. The molecule has 1 aliphatic rings. The average Bonchev–Trinajstić information content (AvgIpc) is 3.00. The molecule has 0 atom stereocenters. The van der Waals surface area contributed by atoms with Gasteiger partial charge in [0.05, 0.1) is 13.2 Å². The molecule has 2 heterocycles. The maximum absolute atomic E-state index is 5.61. The molecule has 0 radical (unpaired) electrons. The van der Waals surface area contributed by atoms with Crippen molar-refractivity contribution in [2.75, 3.05) is 13.2 Å². The number of fused-ring (bicyclic) bond motifs is 1. The smallest absolute Gasteiger partial charge is 0.240 e. The first-order chi connectivity index (χ1) is 11.3. The Balaban J connectivity index is 1.62. The summed E-state index contributed by atoms with van der Waals surface area (Å²) in [5, 5.41) is 4.07. The van der Waals surface area contributed by atoms with Gasteiger partial charge in [-0.15, -0.1) is 0 Å². The highest BCUT2D eigenvalue weighted by molar-refractivity contribution is 5.37. The lowest BCUT2D eigenvalue weighted by atomic mass is 9.99. The van der Waals surface area contributed by atoms with Crippen LogP contribution in [0.2, 0.25) is 0 Å². The third kappa shape index (κ3) is 4.10. The Morgan fingerprint density at radius 1 is 1.26 bits per heavy atom. The van der Waals surface area contributed by atoms with Gasteiger partial charge >= 0.3 is 0 Å². The Bertz CT molecular complexity index is 639. The fourth-order valence-electron chi connectivity index (χ4n) is 2.97.